The Hall–Kier alpha value is -1.59. The van der Waals surface area contributed by atoms with E-state index in [1.165, 1.54) is 0 Å². The summed E-state index contributed by atoms with van der Waals surface area (Å²) < 4.78 is 3.21. The van der Waals surface area contributed by atoms with Crippen LogP contribution in [0.25, 0.3) is 5.69 Å². The Balaban J connectivity index is 1.90. The van der Waals surface area contributed by atoms with Gasteiger partial charge in [0.25, 0.3) is 5.91 Å². The number of halogens is 1. The summed E-state index contributed by atoms with van der Waals surface area (Å²) >= 11 is 3.47. The van der Waals surface area contributed by atoms with E-state index in [1.54, 1.807) is 0 Å². The van der Waals surface area contributed by atoms with Crippen molar-refractivity contribution in [3.8, 4) is 5.69 Å². The molecule has 0 unspecified atom stereocenters. The van der Waals surface area contributed by atoms with E-state index in [2.05, 4.69) is 51.5 Å². The number of benzene rings is 1. The average molecular weight is 390 g/mol. The molecule has 0 bridgehead atoms. The topological polar surface area (TPSA) is 28.5 Å². The van der Waals surface area contributed by atoms with Gasteiger partial charge in [-0.05, 0) is 64.2 Å². The molecule has 3 rings (SSSR count). The maximum Gasteiger partial charge on any atom is 0.255 e. The molecule has 0 atom stereocenters. The summed E-state index contributed by atoms with van der Waals surface area (Å²) in [5, 5.41) is 0. The number of carbonyl (C=O) groups is 1. The van der Waals surface area contributed by atoms with Crippen molar-refractivity contribution in [3.05, 3.63) is 51.8 Å². The fraction of sp³-hybridized carbons (Fsp3) is 0.421. The van der Waals surface area contributed by atoms with Gasteiger partial charge >= 0.3 is 0 Å². The number of likely N-dealkylation sites (N-methyl/N-ethyl adjacent to an activating group) is 1. The van der Waals surface area contributed by atoms with Crippen molar-refractivity contribution in [2.24, 2.45) is 0 Å². The number of amides is 1. The van der Waals surface area contributed by atoms with Crippen molar-refractivity contribution in [3.63, 3.8) is 0 Å². The molecular formula is C19H24BrN3O. The van der Waals surface area contributed by atoms with Crippen molar-refractivity contribution in [2.75, 3.05) is 33.2 Å². The van der Waals surface area contributed by atoms with Crippen LogP contribution >= 0.6 is 15.9 Å². The first-order valence-electron chi connectivity index (χ1n) is 8.40. The van der Waals surface area contributed by atoms with Crippen molar-refractivity contribution < 1.29 is 4.79 Å². The molecule has 2 aromatic rings. The highest BCUT2D eigenvalue weighted by molar-refractivity contribution is 9.10. The van der Waals surface area contributed by atoms with E-state index in [0.29, 0.717) is 0 Å². The van der Waals surface area contributed by atoms with Crippen LogP contribution in [0.1, 0.15) is 28.2 Å². The van der Waals surface area contributed by atoms with Crippen LogP contribution in [0.3, 0.4) is 0 Å². The number of carbonyl (C=O) groups excluding carboxylic acids is 1. The van der Waals surface area contributed by atoms with Crippen LogP contribution in [0.15, 0.2) is 34.8 Å². The molecule has 0 saturated carbocycles. The van der Waals surface area contributed by atoms with E-state index in [0.717, 1.165) is 59.7 Å². The smallest absolute Gasteiger partial charge is 0.255 e. The maximum atomic E-state index is 13.0. The van der Waals surface area contributed by atoms with Crippen LogP contribution in [-0.2, 0) is 0 Å². The summed E-state index contributed by atoms with van der Waals surface area (Å²) in [6.07, 6.45) is 1.04. The van der Waals surface area contributed by atoms with Crippen LogP contribution in [0.2, 0.25) is 0 Å². The molecule has 1 amide bonds. The van der Waals surface area contributed by atoms with Crippen LogP contribution in [0.5, 0.6) is 0 Å². The van der Waals surface area contributed by atoms with Gasteiger partial charge < -0.3 is 14.4 Å². The third-order valence-corrected chi connectivity index (χ3v) is 5.28. The highest BCUT2D eigenvalue weighted by Crippen LogP contribution is 2.23. The predicted molar refractivity (Wildman–Crippen MR) is 101 cm³/mol. The lowest BCUT2D eigenvalue weighted by molar-refractivity contribution is 0.0762. The monoisotopic (exact) mass is 389 g/mol. The van der Waals surface area contributed by atoms with Gasteiger partial charge in [-0.1, -0.05) is 15.9 Å². The van der Waals surface area contributed by atoms with Crippen molar-refractivity contribution in [1.29, 1.82) is 0 Å². The molecule has 0 spiro atoms. The Kier molecular flexibility index (Phi) is 5.11. The third kappa shape index (κ3) is 3.42. The zero-order valence-electron chi connectivity index (χ0n) is 14.6. The van der Waals surface area contributed by atoms with E-state index in [-0.39, 0.29) is 5.91 Å². The van der Waals surface area contributed by atoms with Crippen molar-refractivity contribution in [2.45, 2.75) is 20.3 Å². The molecule has 24 heavy (non-hydrogen) atoms. The number of aromatic nitrogens is 1. The molecule has 128 valence electrons. The molecule has 0 aliphatic carbocycles. The summed E-state index contributed by atoms with van der Waals surface area (Å²) in [6, 6.07) is 10.2. The van der Waals surface area contributed by atoms with Gasteiger partial charge in [-0.3, -0.25) is 4.79 Å². The highest BCUT2D eigenvalue weighted by atomic mass is 79.9. The molecule has 1 aliphatic heterocycles. The average Bonchev–Trinajstić information content (AvgIpc) is 2.72. The Morgan fingerprint density at radius 2 is 1.75 bits per heavy atom. The molecule has 1 saturated heterocycles. The summed E-state index contributed by atoms with van der Waals surface area (Å²) in [5.74, 6) is 0.154. The summed E-state index contributed by atoms with van der Waals surface area (Å²) in [5.41, 5.74) is 4.00. The summed E-state index contributed by atoms with van der Waals surface area (Å²) in [6.45, 7) is 7.73. The van der Waals surface area contributed by atoms with Gasteiger partial charge in [0.1, 0.15) is 0 Å². The number of aryl methyl sites for hydroxylation is 1. The van der Waals surface area contributed by atoms with Gasteiger partial charge in [0, 0.05) is 41.2 Å². The first-order valence-corrected chi connectivity index (χ1v) is 9.19. The van der Waals surface area contributed by atoms with E-state index < -0.39 is 0 Å². The Bertz CT molecular complexity index is 736. The number of nitrogens with zero attached hydrogens (tertiary/aromatic N) is 3. The molecule has 1 fully saturated rings. The van der Waals surface area contributed by atoms with Gasteiger partial charge in [0.2, 0.25) is 0 Å². The standard InChI is InChI=1S/C19H24BrN3O/c1-14-13-18(19(24)22-10-4-9-21(3)11-12-22)15(2)23(14)17-7-5-16(20)6-8-17/h5-8,13H,4,9-12H2,1-3H3. The van der Waals surface area contributed by atoms with Gasteiger partial charge in [-0.25, -0.2) is 0 Å². The Morgan fingerprint density at radius 1 is 1.04 bits per heavy atom. The molecule has 5 heteroatoms. The minimum atomic E-state index is 0.154. The first kappa shape index (κ1) is 17.2. The zero-order chi connectivity index (χ0) is 17.3. The van der Waals surface area contributed by atoms with Gasteiger partial charge in [-0.2, -0.15) is 0 Å². The first-order chi connectivity index (χ1) is 11.5. The molecule has 1 aromatic heterocycles. The molecule has 1 aromatic carbocycles. The van der Waals surface area contributed by atoms with E-state index in [4.69, 9.17) is 0 Å². The highest BCUT2D eigenvalue weighted by Gasteiger charge is 2.23. The summed E-state index contributed by atoms with van der Waals surface area (Å²) in [4.78, 5) is 17.3. The van der Waals surface area contributed by atoms with Crippen LogP contribution < -0.4 is 0 Å². The Morgan fingerprint density at radius 3 is 2.46 bits per heavy atom. The van der Waals surface area contributed by atoms with E-state index >= 15 is 0 Å². The Labute approximate surface area is 152 Å². The number of rotatable bonds is 2. The van der Waals surface area contributed by atoms with Crippen molar-refractivity contribution in [1.82, 2.24) is 14.4 Å². The van der Waals surface area contributed by atoms with Crippen LogP contribution in [0, 0.1) is 13.8 Å². The van der Waals surface area contributed by atoms with Crippen LogP contribution in [-0.4, -0.2) is 53.5 Å². The molecule has 0 N–H and O–H groups in total. The third-order valence-electron chi connectivity index (χ3n) is 4.75. The lowest BCUT2D eigenvalue weighted by Gasteiger charge is -2.20. The van der Waals surface area contributed by atoms with E-state index in [9.17, 15) is 4.79 Å². The second-order valence-corrected chi connectivity index (χ2v) is 7.46. The molecule has 1 aliphatic rings. The molecule has 2 heterocycles. The largest absolute Gasteiger partial charge is 0.337 e. The number of hydrogen-bond donors (Lipinski definition) is 0. The van der Waals surface area contributed by atoms with E-state index in [1.807, 2.05) is 30.0 Å². The van der Waals surface area contributed by atoms with Crippen molar-refractivity contribution >= 4 is 21.8 Å². The minimum absolute atomic E-state index is 0.154. The SMILES string of the molecule is Cc1cc(C(=O)N2CCCN(C)CC2)c(C)n1-c1ccc(Br)cc1. The molecular weight excluding hydrogens is 366 g/mol. The van der Waals surface area contributed by atoms with Gasteiger partial charge in [0.15, 0.2) is 0 Å². The zero-order valence-corrected chi connectivity index (χ0v) is 16.1. The normalized spacial score (nSPS) is 16.2. The predicted octanol–water partition coefficient (Wildman–Crippen LogP) is 3.63. The lowest BCUT2D eigenvalue weighted by atomic mass is 10.2. The maximum absolute atomic E-state index is 13.0. The quantitative estimate of drug-likeness (QED) is 0.784. The lowest BCUT2D eigenvalue weighted by Crippen LogP contribution is -2.34. The second kappa shape index (κ2) is 7.11. The van der Waals surface area contributed by atoms with Gasteiger partial charge in [0.05, 0.1) is 5.56 Å². The summed E-state index contributed by atoms with van der Waals surface area (Å²) in [7, 11) is 2.12. The van der Waals surface area contributed by atoms with Crippen LogP contribution in [0.4, 0.5) is 0 Å². The second-order valence-electron chi connectivity index (χ2n) is 6.55. The fourth-order valence-corrected chi connectivity index (χ4v) is 3.65. The fourth-order valence-electron chi connectivity index (χ4n) is 3.39. The number of hydrogen-bond acceptors (Lipinski definition) is 2. The van der Waals surface area contributed by atoms with Gasteiger partial charge in [-0.15, -0.1) is 0 Å². The molecule has 4 nitrogen and oxygen atoms in total. The minimum Gasteiger partial charge on any atom is -0.337 e. The molecule has 0 radical (unpaired) electrons.